The molecule has 0 saturated carbocycles. The number of benzene rings is 1. The first-order chi connectivity index (χ1) is 6.77. The second-order valence-electron chi connectivity index (χ2n) is 3.69. The van der Waals surface area contributed by atoms with E-state index in [9.17, 15) is 0 Å². The van der Waals surface area contributed by atoms with Crippen LogP contribution in [0.2, 0.25) is 0 Å². The highest BCUT2D eigenvalue weighted by Crippen LogP contribution is 2.17. The lowest BCUT2D eigenvalue weighted by Gasteiger charge is -2.16. The second kappa shape index (κ2) is 3.84. The molecule has 0 bridgehead atoms. The maximum absolute atomic E-state index is 3.84. The molecule has 0 aliphatic heterocycles. The van der Waals surface area contributed by atoms with Crippen molar-refractivity contribution in [2.24, 2.45) is 0 Å². The second-order valence-corrected chi connectivity index (χ2v) is 3.69. The van der Waals surface area contributed by atoms with E-state index in [0.717, 1.165) is 13.0 Å². The van der Waals surface area contributed by atoms with Crippen LogP contribution in [0.3, 0.4) is 0 Å². The predicted molar refractivity (Wildman–Crippen MR) is 60.0 cm³/mol. The van der Waals surface area contributed by atoms with Gasteiger partial charge in [0.15, 0.2) is 0 Å². The number of aromatic amines is 1. The Labute approximate surface area is 84.5 Å². The zero-order valence-corrected chi connectivity index (χ0v) is 8.46. The number of nitrogens with one attached hydrogen (secondary N) is 1. The Kier molecular flexibility index (Phi) is 2.55. The Morgan fingerprint density at radius 1 is 1.36 bits per heavy atom. The smallest absolute Gasteiger partial charge is 0.0456 e. The number of likely N-dealkylation sites (N-methyl/N-ethyl adjacent to an activating group) is 1. The van der Waals surface area contributed by atoms with Gasteiger partial charge in [-0.15, -0.1) is 0 Å². The van der Waals surface area contributed by atoms with Gasteiger partial charge in [0.05, 0.1) is 0 Å². The number of hydrogen-bond acceptors (Lipinski definition) is 1. The van der Waals surface area contributed by atoms with Crippen molar-refractivity contribution in [3.05, 3.63) is 43.1 Å². The van der Waals surface area contributed by atoms with Crippen LogP contribution in [-0.2, 0) is 6.42 Å². The quantitative estimate of drug-likeness (QED) is 0.731. The molecule has 0 aliphatic carbocycles. The van der Waals surface area contributed by atoms with Crippen molar-refractivity contribution in [3.8, 4) is 0 Å². The zero-order valence-electron chi connectivity index (χ0n) is 8.46. The number of fused-ring (bicyclic) bond motifs is 1. The Morgan fingerprint density at radius 2 is 2.14 bits per heavy atom. The molecule has 74 valence electrons. The van der Waals surface area contributed by atoms with E-state index in [1.807, 2.05) is 11.9 Å². The normalized spacial score (nSPS) is 11.4. The first-order valence-corrected chi connectivity index (χ1v) is 4.84. The summed E-state index contributed by atoms with van der Waals surface area (Å²) < 4.78 is 0. The monoisotopic (exact) mass is 187 g/mol. The third kappa shape index (κ3) is 1.80. The minimum atomic E-state index is 0.988. The maximum Gasteiger partial charge on any atom is 0.0456 e. The van der Waals surface area contributed by atoms with Crippen molar-refractivity contribution < 1.29 is 0 Å². The zero-order chi connectivity index (χ0) is 9.97. The molecule has 1 aromatic heterocycles. The van der Waals surface area contributed by atoms with E-state index in [1.54, 1.807) is 0 Å². The summed E-state index contributed by atoms with van der Waals surface area (Å²) in [5.41, 5.74) is 2.59. The molecule has 1 aromatic carbocycles. The number of para-hydroxylation sites is 1. The van der Waals surface area contributed by atoms with Crippen LogP contribution in [0.5, 0.6) is 0 Å². The molecule has 0 atom stereocenters. The summed E-state index contributed by atoms with van der Waals surface area (Å²) in [4.78, 5) is 5.23. The lowest BCUT2D eigenvalue weighted by molar-refractivity contribution is 0.455. The van der Waals surface area contributed by atoms with Gasteiger partial charge in [-0.2, -0.15) is 0 Å². The lowest BCUT2D eigenvalue weighted by atomic mass is 10.1. The molecule has 2 aromatic rings. The van der Waals surface area contributed by atoms with Crippen molar-refractivity contribution in [2.75, 3.05) is 13.6 Å². The highest BCUT2D eigenvalue weighted by molar-refractivity contribution is 5.83. The van der Waals surface area contributed by atoms with Gasteiger partial charge < -0.3 is 9.88 Å². The molecule has 0 fully saturated rings. The third-order valence-electron chi connectivity index (χ3n) is 2.44. The molecule has 0 spiro atoms. The number of rotatable bonds is 3. The summed E-state index contributed by atoms with van der Waals surface area (Å²) in [6.45, 7) is 0.988. The van der Waals surface area contributed by atoms with Crippen molar-refractivity contribution in [1.82, 2.24) is 9.88 Å². The minimum Gasteiger partial charge on any atom is -0.462 e. The van der Waals surface area contributed by atoms with Gasteiger partial charge in [-0.25, -0.2) is 0 Å². The van der Waals surface area contributed by atoms with E-state index in [4.69, 9.17) is 0 Å². The summed E-state index contributed by atoms with van der Waals surface area (Å²) in [6, 6.07) is 8.39. The van der Waals surface area contributed by atoms with Crippen LogP contribution >= 0.6 is 0 Å². The molecule has 0 unspecified atom stereocenters. The fourth-order valence-corrected chi connectivity index (χ4v) is 1.65. The number of nitrogens with zero attached hydrogens (tertiary/aromatic N) is 1. The summed E-state index contributed by atoms with van der Waals surface area (Å²) in [5, 5.41) is 1.33. The molecular formula is C12H15N2-. The first-order valence-electron chi connectivity index (χ1n) is 4.84. The van der Waals surface area contributed by atoms with E-state index in [0.29, 0.717) is 0 Å². The fourth-order valence-electron chi connectivity index (χ4n) is 1.65. The van der Waals surface area contributed by atoms with Gasteiger partial charge in [0.2, 0.25) is 0 Å². The highest BCUT2D eigenvalue weighted by Gasteiger charge is 2.01. The molecule has 0 amide bonds. The van der Waals surface area contributed by atoms with Gasteiger partial charge in [0.25, 0.3) is 0 Å². The fraction of sp³-hybridized carbons (Fsp3) is 0.250. The van der Waals surface area contributed by atoms with Gasteiger partial charge in [-0.05, 0) is 31.6 Å². The SMILES string of the molecule is [CH2-]N(C)CCc1c[nH]c2ccccc12. The summed E-state index contributed by atoms with van der Waals surface area (Å²) in [5.74, 6) is 0. The molecule has 2 heteroatoms. The van der Waals surface area contributed by atoms with E-state index < -0.39 is 0 Å². The lowest BCUT2D eigenvalue weighted by Crippen LogP contribution is -2.12. The molecule has 2 nitrogen and oxygen atoms in total. The van der Waals surface area contributed by atoms with Gasteiger partial charge in [0.1, 0.15) is 0 Å². The van der Waals surface area contributed by atoms with Crippen LogP contribution in [0.1, 0.15) is 5.56 Å². The molecule has 14 heavy (non-hydrogen) atoms. The molecular weight excluding hydrogens is 172 g/mol. The van der Waals surface area contributed by atoms with Crippen LogP contribution < -0.4 is 0 Å². The largest absolute Gasteiger partial charge is 0.462 e. The van der Waals surface area contributed by atoms with Gasteiger partial charge in [-0.1, -0.05) is 18.2 Å². The highest BCUT2D eigenvalue weighted by atomic mass is 15.0. The Bertz CT molecular complexity index is 415. The Hall–Kier alpha value is -1.28. The Balaban J connectivity index is 2.25. The average Bonchev–Trinajstić information content (AvgIpc) is 2.58. The van der Waals surface area contributed by atoms with Crippen molar-refractivity contribution >= 4 is 10.9 Å². The summed E-state index contributed by atoms with van der Waals surface area (Å²) in [6.07, 6.45) is 3.14. The van der Waals surface area contributed by atoms with E-state index in [-0.39, 0.29) is 0 Å². The van der Waals surface area contributed by atoms with Crippen LogP contribution in [0, 0.1) is 7.05 Å². The topological polar surface area (TPSA) is 19.0 Å². The van der Waals surface area contributed by atoms with Gasteiger partial charge in [0, 0.05) is 17.1 Å². The number of aromatic nitrogens is 1. The standard InChI is InChI=1S/C12H15N2/c1-14(2)8-7-10-9-13-12-6-4-3-5-11(10)12/h3-6,9,13H,1,7-8H2,2H3/q-1. The molecule has 0 saturated heterocycles. The van der Waals surface area contributed by atoms with Crippen LogP contribution in [0.15, 0.2) is 30.5 Å². The van der Waals surface area contributed by atoms with E-state index in [1.165, 1.54) is 16.5 Å². The van der Waals surface area contributed by atoms with Crippen LogP contribution in [-0.4, -0.2) is 23.5 Å². The first kappa shape index (κ1) is 9.28. The molecule has 1 N–H and O–H groups in total. The van der Waals surface area contributed by atoms with E-state index in [2.05, 4.69) is 42.5 Å². The number of hydrogen-bond donors (Lipinski definition) is 1. The predicted octanol–water partition coefficient (Wildman–Crippen LogP) is 2.43. The van der Waals surface area contributed by atoms with Crippen molar-refractivity contribution in [3.63, 3.8) is 0 Å². The van der Waals surface area contributed by atoms with Crippen LogP contribution in [0.25, 0.3) is 10.9 Å². The average molecular weight is 187 g/mol. The summed E-state index contributed by atoms with van der Waals surface area (Å²) in [7, 11) is 5.84. The maximum atomic E-state index is 3.84. The van der Waals surface area contributed by atoms with Crippen molar-refractivity contribution in [2.45, 2.75) is 6.42 Å². The molecule has 1 heterocycles. The van der Waals surface area contributed by atoms with Gasteiger partial charge in [-0.3, -0.25) is 7.05 Å². The minimum absolute atomic E-state index is 0.988. The molecule has 2 rings (SSSR count). The third-order valence-corrected chi connectivity index (χ3v) is 2.44. The Morgan fingerprint density at radius 3 is 2.93 bits per heavy atom. The van der Waals surface area contributed by atoms with Gasteiger partial charge >= 0.3 is 0 Å². The van der Waals surface area contributed by atoms with E-state index >= 15 is 0 Å². The molecule has 0 aliphatic rings. The molecule has 0 radical (unpaired) electrons. The summed E-state index contributed by atoms with van der Waals surface area (Å²) >= 11 is 0. The number of H-pyrrole nitrogens is 1. The van der Waals surface area contributed by atoms with Crippen LogP contribution in [0.4, 0.5) is 0 Å². The van der Waals surface area contributed by atoms with Crippen molar-refractivity contribution in [1.29, 1.82) is 0 Å².